The predicted octanol–water partition coefficient (Wildman–Crippen LogP) is 0.863. The first-order chi connectivity index (χ1) is 16.2. The van der Waals surface area contributed by atoms with E-state index in [0.29, 0.717) is 5.75 Å². The second-order valence-corrected chi connectivity index (χ2v) is 10.9. The van der Waals surface area contributed by atoms with Crippen LogP contribution in [0.4, 0.5) is 0 Å². The minimum atomic E-state index is -3.39. The summed E-state index contributed by atoms with van der Waals surface area (Å²) in [4.78, 5) is 21.8. The van der Waals surface area contributed by atoms with E-state index in [4.69, 9.17) is 4.74 Å². The maximum atomic E-state index is 12.3. The van der Waals surface area contributed by atoms with Crippen molar-refractivity contribution in [3.63, 3.8) is 0 Å². The number of pyridine rings is 1. The average molecular weight is 482 g/mol. The summed E-state index contributed by atoms with van der Waals surface area (Å²) in [5.41, 5.74) is 1.76. The Morgan fingerprint density at radius 1 is 1.24 bits per heavy atom. The molecule has 0 aromatic carbocycles. The van der Waals surface area contributed by atoms with Crippen molar-refractivity contribution in [3.05, 3.63) is 47.2 Å². The first-order valence-electron chi connectivity index (χ1n) is 11.2. The van der Waals surface area contributed by atoms with Gasteiger partial charge in [0.05, 0.1) is 11.9 Å². The third-order valence-corrected chi connectivity index (χ3v) is 7.46. The van der Waals surface area contributed by atoms with Gasteiger partial charge in [0.2, 0.25) is 5.91 Å². The average Bonchev–Trinajstić information content (AvgIpc) is 3.51. The van der Waals surface area contributed by atoms with Crippen LogP contribution < -0.4 is 15.3 Å². The van der Waals surface area contributed by atoms with E-state index in [2.05, 4.69) is 27.2 Å². The summed E-state index contributed by atoms with van der Waals surface area (Å²) < 4.78 is 31.6. The first-order valence-corrected chi connectivity index (χ1v) is 13.1. The number of sulfone groups is 1. The molecular weight excluding hydrogens is 454 g/mol. The largest absolute Gasteiger partial charge is 0.484 e. The molecule has 2 aliphatic rings. The fraction of sp³-hybridized carbons (Fsp3) is 0.375. The van der Waals surface area contributed by atoms with E-state index in [9.17, 15) is 13.2 Å². The van der Waals surface area contributed by atoms with E-state index in [1.807, 2.05) is 30.3 Å². The number of carbonyl (C=O) groups is 1. The monoisotopic (exact) mass is 481 g/mol. The minimum Gasteiger partial charge on any atom is -0.484 e. The fourth-order valence-corrected chi connectivity index (χ4v) is 5.43. The molecule has 3 atom stereocenters. The van der Waals surface area contributed by atoms with Crippen molar-refractivity contribution in [1.29, 1.82) is 0 Å². The number of amides is 1. The Balaban J connectivity index is 1.53. The SMILES string of the molecule is CC(=O)N1CCC[C@@H]1C1C=c2[nH]c(-c3ccn(C)n3)cc2=CC1Oc1ccc(S(C)(=O)=O)nc1. The summed E-state index contributed by atoms with van der Waals surface area (Å²) in [7, 11) is -1.51. The predicted molar refractivity (Wildman–Crippen MR) is 127 cm³/mol. The molecule has 1 saturated heterocycles. The van der Waals surface area contributed by atoms with Crippen LogP contribution >= 0.6 is 0 Å². The second-order valence-electron chi connectivity index (χ2n) is 8.95. The van der Waals surface area contributed by atoms with Crippen molar-refractivity contribution < 1.29 is 17.9 Å². The molecule has 9 nitrogen and oxygen atoms in total. The number of hydrogen-bond donors (Lipinski definition) is 1. The molecule has 0 radical (unpaired) electrons. The molecule has 1 amide bonds. The van der Waals surface area contributed by atoms with Crippen LogP contribution in [0.25, 0.3) is 23.5 Å². The summed E-state index contributed by atoms with van der Waals surface area (Å²) in [6.45, 7) is 2.34. The van der Waals surface area contributed by atoms with E-state index in [-0.39, 0.29) is 29.0 Å². The number of aromatic amines is 1. The summed E-state index contributed by atoms with van der Waals surface area (Å²) in [5, 5.41) is 6.46. The Hall–Kier alpha value is -3.40. The lowest BCUT2D eigenvalue weighted by Gasteiger charge is -2.34. The van der Waals surface area contributed by atoms with Gasteiger partial charge in [-0.15, -0.1) is 0 Å². The maximum absolute atomic E-state index is 12.3. The number of H-pyrrole nitrogens is 1. The molecule has 2 unspecified atom stereocenters. The van der Waals surface area contributed by atoms with E-state index < -0.39 is 9.84 Å². The molecule has 3 aromatic heterocycles. The topological polar surface area (TPSA) is 110 Å². The highest BCUT2D eigenvalue weighted by Crippen LogP contribution is 2.31. The highest BCUT2D eigenvalue weighted by atomic mass is 32.2. The molecule has 1 aliphatic carbocycles. The van der Waals surface area contributed by atoms with Crippen molar-refractivity contribution in [2.45, 2.75) is 36.9 Å². The lowest BCUT2D eigenvalue weighted by atomic mass is 9.88. The van der Waals surface area contributed by atoms with Crippen LogP contribution in [0.3, 0.4) is 0 Å². The molecule has 0 spiro atoms. The first kappa shape index (κ1) is 22.4. The van der Waals surface area contributed by atoms with Gasteiger partial charge >= 0.3 is 0 Å². The molecule has 1 fully saturated rings. The number of aromatic nitrogens is 4. The molecular formula is C24H27N5O4S. The van der Waals surface area contributed by atoms with Gasteiger partial charge in [-0.2, -0.15) is 5.10 Å². The van der Waals surface area contributed by atoms with Crippen molar-refractivity contribution >= 4 is 27.9 Å². The lowest BCUT2D eigenvalue weighted by molar-refractivity contribution is -0.130. The molecule has 1 aliphatic heterocycles. The van der Waals surface area contributed by atoms with Crippen molar-refractivity contribution in [2.75, 3.05) is 12.8 Å². The van der Waals surface area contributed by atoms with Crippen molar-refractivity contribution in [2.24, 2.45) is 13.0 Å². The van der Waals surface area contributed by atoms with Gasteiger partial charge in [-0.3, -0.25) is 9.48 Å². The van der Waals surface area contributed by atoms with E-state index >= 15 is 0 Å². The van der Waals surface area contributed by atoms with Crippen LogP contribution in [0.2, 0.25) is 0 Å². The van der Waals surface area contributed by atoms with Crippen LogP contribution in [0.1, 0.15) is 19.8 Å². The minimum absolute atomic E-state index is 0.00191. The van der Waals surface area contributed by atoms with E-state index in [1.165, 1.54) is 12.3 Å². The molecule has 0 saturated carbocycles. The van der Waals surface area contributed by atoms with Crippen LogP contribution in [-0.4, -0.2) is 63.9 Å². The number of nitrogens with one attached hydrogen (secondary N) is 1. The van der Waals surface area contributed by atoms with Crippen LogP contribution in [0.5, 0.6) is 5.75 Å². The number of aryl methyl sites for hydroxylation is 1. The third-order valence-electron chi connectivity index (χ3n) is 6.46. The molecule has 4 heterocycles. The standard InChI is InChI=1S/C24H27N5O4S/c1-15(30)29-9-4-5-22(29)18-13-20-16(11-21(26-20)19-8-10-28(2)27-19)12-23(18)33-17-6-7-24(25-14-17)34(3,31)32/h6-8,10-14,18,22-23,26H,4-5,9H2,1-3H3/t18?,22-,23?/m1/s1. The zero-order valence-corrected chi connectivity index (χ0v) is 20.1. The second kappa shape index (κ2) is 8.43. The molecule has 10 heteroatoms. The molecule has 0 bridgehead atoms. The van der Waals surface area contributed by atoms with Gasteiger partial charge < -0.3 is 14.6 Å². The summed E-state index contributed by atoms with van der Waals surface area (Å²) in [6, 6.07) is 7.08. The number of hydrogen-bond acceptors (Lipinski definition) is 6. The number of carbonyl (C=O) groups excluding carboxylic acids is 1. The molecule has 5 rings (SSSR count). The Morgan fingerprint density at radius 3 is 2.71 bits per heavy atom. The number of nitrogens with zero attached hydrogens (tertiary/aromatic N) is 4. The van der Waals surface area contributed by atoms with Gasteiger partial charge in [0.1, 0.15) is 17.5 Å². The van der Waals surface area contributed by atoms with Gasteiger partial charge in [0, 0.05) is 50.3 Å². The highest BCUT2D eigenvalue weighted by molar-refractivity contribution is 7.90. The quantitative estimate of drug-likeness (QED) is 0.579. The van der Waals surface area contributed by atoms with Gasteiger partial charge in [-0.1, -0.05) is 6.08 Å². The number of rotatable bonds is 5. The maximum Gasteiger partial charge on any atom is 0.219 e. The van der Waals surface area contributed by atoms with Crippen LogP contribution in [0, 0.1) is 5.92 Å². The normalized spacial score (nSPS) is 22.1. The molecule has 1 N–H and O–H groups in total. The number of likely N-dealkylation sites (tertiary alicyclic amines) is 1. The Morgan fingerprint density at radius 2 is 2.06 bits per heavy atom. The molecule has 3 aromatic rings. The zero-order chi connectivity index (χ0) is 24.0. The Bertz CT molecular complexity index is 1460. The number of ether oxygens (including phenoxy) is 1. The summed E-state index contributed by atoms with van der Waals surface area (Å²) in [6.07, 6.45) is 10.2. The molecule has 178 valence electrons. The smallest absolute Gasteiger partial charge is 0.219 e. The third kappa shape index (κ3) is 4.25. The summed E-state index contributed by atoms with van der Waals surface area (Å²) in [5.74, 6) is 0.451. The van der Waals surface area contributed by atoms with Crippen molar-refractivity contribution in [3.8, 4) is 17.1 Å². The van der Waals surface area contributed by atoms with Gasteiger partial charge in [0.25, 0.3) is 0 Å². The number of fused-ring (bicyclic) bond motifs is 1. The van der Waals surface area contributed by atoms with E-state index in [0.717, 1.165) is 47.6 Å². The van der Waals surface area contributed by atoms with Crippen LogP contribution in [-0.2, 0) is 21.7 Å². The van der Waals surface area contributed by atoms with Crippen molar-refractivity contribution in [1.82, 2.24) is 24.6 Å². The van der Waals surface area contributed by atoms with Crippen LogP contribution in [0.15, 0.2) is 41.7 Å². The zero-order valence-electron chi connectivity index (χ0n) is 19.3. The molecule has 34 heavy (non-hydrogen) atoms. The fourth-order valence-electron chi connectivity index (χ4n) is 4.87. The van der Waals surface area contributed by atoms with Gasteiger partial charge in [0.15, 0.2) is 14.9 Å². The lowest BCUT2D eigenvalue weighted by Crippen LogP contribution is -2.47. The Labute approximate surface area is 197 Å². The van der Waals surface area contributed by atoms with E-state index in [1.54, 1.807) is 17.7 Å². The summed E-state index contributed by atoms with van der Waals surface area (Å²) >= 11 is 0. The van der Waals surface area contributed by atoms with Gasteiger partial charge in [-0.05, 0) is 48.4 Å². The Kier molecular flexibility index (Phi) is 5.55. The highest BCUT2D eigenvalue weighted by Gasteiger charge is 2.38. The van der Waals surface area contributed by atoms with Gasteiger partial charge in [-0.25, -0.2) is 13.4 Å².